The molecular weight excluding hydrogens is 353 g/mol. The summed E-state index contributed by atoms with van der Waals surface area (Å²) >= 11 is 0. The number of hydrogen-bond donors (Lipinski definition) is 0. The summed E-state index contributed by atoms with van der Waals surface area (Å²) in [6.45, 7) is 16.7. The standard InChI is InChI=1S/C16H42O3Si4/c1-17-20(4,5)11-14-23(10,15-12-21(6,7)18-2)16-13-22(8,9)19-3/h11-16H2,1-10H3. The largest absolute Gasteiger partial charge is 0.420 e. The van der Waals surface area contributed by atoms with E-state index in [-0.39, 0.29) is 0 Å². The molecule has 0 aliphatic carbocycles. The zero-order valence-corrected chi connectivity index (χ0v) is 21.5. The fourth-order valence-corrected chi connectivity index (χ4v) is 18.3. The van der Waals surface area contributed by atoms with Crippen molar-refractivity contribution in [2.75, 3.05) is 21.3 Å². The van der Waals surface area contributed by atoms with Crippen LogP contribution in [0.5, 0.6) is 0 Å². The summed E-state index contributed by atoms with van der Waals surface area (Å²) in [7, 11) is 0.0483. The van der Waals surface area contributed by atoms with Gasteiger partial charge in [-0.3, -0.25) is 0 Å². The first kappa shape index (κ1) is 23.7. The van der Waals surface area contributed by atoms with Gasteiger partial charge < -0.3 is 13.3 Å². The van der Waals surface area contributed by atoms with Crippen molar-refractivity contribution in [2.45, 2.75) is 82.1 Å². The lowest BCUT2D eigenvalue weighted by Crippen LogP contribution is -2.41. The van der Waals surface area contributed by atoms with E-state index in [0.717, 1.165) is 0 Å². The Bertz CT molecular complexity index is 296. The van der Waals surface area contributed by atoms with Gasteiger partial charge in [0, 0.05) is 29.4 Å². The summed E-state index contributed by atoms with van der Waals surface area (Å²) in [5, 5.41) is 0. The summed E-state index contributed by atoms with van der Waals surface area (Å²) in [5.41, 5.74) is 0. The Balaban J connectivity index is 4.89. The third-order valence-electron chi connectivity index (χ3n) is 5.65. The highest BCUT2D eigenvalue weighted by molar-refractivity contribution is 6.84. The van der Waals surface area contributed by atoms with E-state index in [9.17, 15) is 0 Å². The first-order valence-corrected chi connectivity index (χ1v) is 21.4. The van der Waals surface area contributed by atoms with Crippen LogP contribution in [-0.4, -0.2) is 54.4 Å². The van der Waals surface area contributed by atoms with Crippen LogP contribution in [0.25, 0.3) is 0 Å². The number of rotatable bonds is 12. The normalized spacial score (nSPS) is 14.3. The van der Waals surface area contributed by atoms with Crippen LogP contribution in [0.4, 0.5) is 0 Å². The van der Waals surface area contributed by atoms with Crippen molar-refractivity contribution in [1.29, 1.82) is 0 Å². The zero-order valence-electron chi connectivity index (χ0n) is 17.5. The fourth-order valence-electron chi connectivity index (χ4n) is 2.49. The average Bonchev–Trinajstić information content (AvgIpc) is 2.50. The van der Waals surface area contributed by atoms with E-state index in [1.807, 2.05) is 21.3 Å². The van der Waals surface area contributed by atoms with Crippen molar-refractivity contribution < 1.29 is 13.3 Å². The lowest BCUT2D eigenvalue weighted by atomic mass is 10.9. The van der Waals surface area contributed by atoms with Crippen LogP contribution in [-0.2, 0) is 13.3 Å². The molecule has 0 aromatic carbocycles. The quantitative estimate of drug-likeness (QED) is 0.402. The SMILES string of the molecule is CO[Si](C)(C)CC[Si](C)(CC[Si](C)(C)OC)CC[Si](C)(C)OC. The van der Waals surface area contributed by atoms with Crippen LogP contribution in [0.15, 0.2) is 0 Å². The van der Waals surface area contributed by atoms with Crippen molar-refractivity contribution in [3.8, 4) is 0 Å². The molecule has 0 heterocycles. The van der Waals surface area contributed by atoms with Crippen LogP contribution < -0.4 is 0 Å². The molecule has 0 amide bonds. The second-order valence-electron chi connectivity index (χ2n) is 9.20. The molecule has 0 aliphatic rings. The fraction of sp³-hybridized carbons (Fsp3) is 1.00. The summed E-state index contributed by atoms with van der Waals surface area (Å²) < 4.78 is 17.4. The van der Waals surface area contributed by atoms with Gasteiger partial charge in [0.1, 0.15) is 0 Å². The van der Waals surface area contributed by atoms with E-state index in [2.05, 4.69) is 45.8 Å². The van der Waals surface area contributed by atoms with Gasteiger partial charge in [-0.25, -0.2) is 0 Å². The molecule has 0 spiro atoms. The molecular formula is C16H42O3Si4. The topological polar surface area (TPSA) is 27.7 Å². The summed E-state index contributed by atoms with van der Waals surface area (Å²) in [6, 6.07) is 8.12. The molecule has 140 valence electrons. The molecule has 0 bridgehead atoms. The lowest BCUT2D eigenvalue weighted by Gasteiger charge is -2.35. The van der Waals surface area contributed by atoms with E-state index >= 15 is 0 Å². The van der Waals surface area contributed by atoms with Gasteiger partial charge in [-0.1, -0.05) is 24.7 Å². The maximum atomic E-state index is 5.80. The van der Waals surface area contributed by atoms with Crippen molar-refractivity contribution in [3.05, 3.63) is 0 Å². The minimum absolute atomic E-state index is 1.26. The Labute approximate surface area is 149 Å². The average molecular weight is 395 g/mol. The van der Waals surface area contributed by atoms with Gasteiger partial charge in [-0.15, -0.1) is 0 Å². The van der Waals surface area contributed by atoms with Crippen LogP contribution in [0.3, 0.4) is 0 Å². The van der Waals surface area contributed by atoms with E-state index in [1.165, 1.54) is 36.3 Å². The van der Waals surface area contributed by atoms with Crippen molar-refractivity contribution in [2.24, 2.45) is 0 Å². The molecule has 0 saturated carbocycles. The van der Waals surface area contributed by atoms with E-state index in [0.29, 0.717) is 0 Å². The second-order valence-corrected chi connectivity index (χ2v) is 27.6. The molecule has 0 N–H and O–H groups in total. The highest BCUT2D eigenvalue weighted by Crippen LogP contribution is 2.34. The van der Waals surface area contributed by atoms with Crippen LogP contribution >= 0.6 is 0 Å². The first-order chi connectivity index (χ1) is 10.3. The minimum Gasteiger partial charge on any atom is -0.420 e. The smallest absolute Gasteiger partial charge is 0.185 e. The van der Waals surface area contributed by atoms with Gasteiger partial charge in [0.2, 0.25) is 0 Å². The lowest BCUT2D eigenvalue weighted by molar-refractivity contribution is 0.403. The Hall–Kier alpha value is 0.748. The summed E-state index contributed by atoms with van der Waals surface area (Å²) in [5.74, 6) is 0. The predicted molar refractivity (Wildman–Crippen MR) is 114 cm³/mol. The summed E-state index contributed by atoms with van der Waals surface area (Å²) in [4.78, 5) is 0. The Morgan fingerprint density at radius 2 is 0.652 bits per heavy atom. The molecule has 7 heteroatoms. The molecule has 0 unspecified atom stereocenters. The Morgan fingerprint density at radius 3 is 0.826 bits per heavy atom. The Kier molecular flexibility index (Phi) is 9.75. The molecule has 23 heavy (non-hydrogen) atoms. The molecule has 0 saturated heterocycles. The molecule has 0 aromatic heterocycles. The van der Waals surface area contributed by atoms with Crippen molar-refractivity contribution >= 4 is 33.0 Å². The van der Waals surface area contributed by atoms with E-state index in [1.54, 1.807) is 0 Å². The molecule has 0 fully saturated rings. The van der Waals surface area contributed by atoms with E-state index in [4.69, 9.17) is 13.3 Å². The maximum absolute atomic E-state index is 5.80. The zero-order chi connectivity index (χ0) is 18.4. The molecule has 0 aliphatic heterocycles. The van der Waals surface area contributed by atoms with Gasteiger partial charge in [0.25, 0.3) is 0 Å². The maximum Gasteiger partial charge on any atom is 0.185 e. The van der Waals surface area contributed by atoms with Gasteiger partial charge in [-0.2, -0.15) is 0 Å². The monoisotopic (exact) mass is 394 g/mol. The Morgan fingerprint density at radius 1 is 0.435 bits per heavy atom. The van der Waals surface area contributed by atoms with Gasteiger partial charge in [0.05, 0.1) is 0 Å². The highest BCUT2D eigenvalue weighted by atomic mass is 28.4. The van der Waals surface area contributed by atoms with Crippen LogP contribution in [0, 0.1) is 0 Å². The summed E-state index contributed by atoms with van der Waals surface area (Å²) in [6.07, 6.45) is 0. The third-order valence-corrected chi connectivity index (χ3v) is 19.2. The van der Waals surface area contributed by atoms with Crippen molar-refractivity contribution in [3.63, 3.8) is 0 Å². The van der Waals surface area contributed by atoms with Crippen LogP contribution in [0.2, 0.25) is 82.1 Å². The second kappa shape index (κ2) is 9.45. The van der Waals surface area contributed by atoms with Gasteiger partial charge in [0.15, 0.2) is 25.0 Å². The molecule has 0 aromatic rings. The highest BCUT2D eigenvalue weighted by Gasteiger charge is 2.35. The van der Waals surface area contributed by atoms with Gasteiger partial charge in [-0.05, 0) is 57.4 Å². The van der Waals surface area contributed by atoms with Crippen molar-refractivity contribution in [1.82, 2.24) is 0 Å². The van der Waals surface area contributed by atoms with Crippen LogP contribution in [0.1, 0.15) is 0 Å². The molecule has 0 atom stereocenters. The molecule has 0 rings (SSSR count). The first-order valence-electron chi connectivity index (χ1n) is 8.96. The minimum atomic E-state index is -1.46. The number of hydrogen-bond acceptors (Lipinski definition) is 3. The van der Waals surface area contributed by atoms with E-state index < -0.39 is 33.0 Å². The molecule has 0 radical (unpaired) electrons. The third kappa shape index (κ3) is 10.4. The van der Waals surface area contributed by atoms with Gasteiger partial charge >= 0.3 is 0 Å². The molecule has 3 nitrogen and oxygen atoms in total. The predicted octanol–water partition coefficient (Wildman–Crippen LogP) is 5.62.